The van der Waals surface area contributed by atoms with Gasteiger partial charge < -0.3 is 10.6 Å². The number of carbonyl (C=O) groups excluding carboxylic acids is 1. The van der Waals surface area contributed by atoms with Gasteiger partial charge in [0.05, 0.1) is 29.5 Å². The average Bonchev–Trinajstić information content (AvgIpc) is 2.54. The summed E-state index contributed by atoms with van der Waals surface area (Å²) in [5, 5.41) is 5.51. The van der Waals surface area contributed by atoms with Crippen molar-refractivity contribution >= 4 is 22.8 Å². The van der Waals surface area contributed by atoms with Crippen LogP contribution in [0.15, 0.2) is 60.8 Å². The van der Waals surface area contributed by atoms with Crippen LogP contribution in [0.1, 0.15) is 5.69 Å². The first-order valence-electron chi connectivity index (χ1n) is 6.62. The van der Waals surface area contributed by atoms with Gasteiger partial charge in [-0.2, -0.15) is 0 Å². The van der Waals surface area contributed by atoms with Crippen molar-refractivity contribution in [3.05, 3.63) is 66.5 Å². The first kappa shape index (κ1) is 13.1. The third-order valence-electron chi connectivity index (χ3n) is 2.96. The SMILES string of the molecule is O=C(NCc1cnc2ccccc2n1)Nc1ccccc1. The Morgan fingerprint density at radius 3 is 2.48 bits per heavy atom. The van der Waals surface area contributed by atoms with Crippen LogP contribution in [0.3, 0.4) is 0 Å². The van der Waals surface area contributed by atoms with E-state index in [0.717, 1.165) is 22.4 Å². The lowest BCUT2D eigenvalue weighted by Gasteiger charge is -2.07. The molecule has 0 atom stereocenters. The number of nitrogens with zero attached hydrogens (tertiary/aromatic N) is 2. The number of fused-ring (bicyclic) bond motifs is 1. The summed E-state index contributed by atoms with van der Waals surface area (Å²) >= 11 is 0. The van der Waals surface area contributed by atoms with Gasteiger partial charge in [0.1, 0.15) is 0 Å². The number of amides is 2. The minimum Gasteiger partial charge on any atom is -0.332 e. The highest BCUT2D eigenvalue weighted by atomic mass is 16.2. The second-order valence-corrected chi connectivity index (χ2v) is 4.52. The standard InChI is InChI=1S/C16H14N4O/c21-16(20-12-6-2-1-3-7-12)18-11-13-10-17-14-8-4-5-9-15(14)19-13/h1-10H,11H2,(H2,18,20,21). The normalized spacial score (nSPS) is 10.3. The van der Waals surface area contributed by atoms with Crippen molar-refractivity contribution in [2.24, 2.45) is 0 Å². The van der Waals surface area contributed by atoms with E-state index in [1.54, 1.807) is 6.20 Å². The Morgan fingerprint density at radius 1 is 0.952 bits per heavy atom. The van der Waals surface area contributed by atoms with E-state index >= 15 is 0 Å². The number of benzene rings is 2. The Balaban J connectivity index is 1.62. The molecule has 2 N–H and O–H groups in total. The number of nitrogens with one attached hydrogen (secondary N) is 2. The summed E-state index contributed by atoms with van der Waals surface area (Å²) in [6.45, 7) is 0.330. The average molecular weight is 278 g/mol. The predicted octanol–water partition coefficient (Wildman–Crippen LogP) is 2.95. The molecule has 2 aromatic carbocycles. The Kier molecular flexibility index (Phi) is 3.73. The fourth-order valence-corrected chi connectivity index (χ4v) is 1.95. The van der Waals surface area contributed by atoms with E-state index in [9.17, 15) is 4.79 Å². The van der Waals surface area contributed by atoms with Gasteiger partial charge in [-0.05, 0) is 24.3 Å². The monoisotopic (exact) mass is 278 g/mol. The molecule has 0 spiro atoms. The second-order valence-electron chi connectivity index (χ2n) is 4.52. The van der Waals surface area contributed by atoms with Crippen LogP contribution in [-0.4, -0.2) is 16.0 Å². The minimum atomic E-state index is -0.267. The molecule has 3 rings (SSSR count). The topological polar surface area (TPSA) is 66.9 Å². The highest BCUT2D eigenvalue weighted by Gasteiger charge is 2.03. The number of anilines is 1. The second kappa shape index (κ2) is 6.00. The molecule has 0 aliphatic carbocycles. The van der Waals surface area contributed by atoms with Gasteiger partial charge in [-0.25, -0.2) is 9.78 Å². The van der Waals surface area contributed by atoms with Crippen molar-refractivity contribution in [2.45, 2.75) is 6.54 Å². The first-order chi connectivity index (χ1) is 10.3. The van der Waals surface area contributed by atoms with Gasteiger partial charge in [-0.3, -0.25) is 4.98 Å². The van der Waals surface area contributed by atoms with Crippen molar-refractivity contribution in [1.82, 2.24) is 15.3 Å². The van der Waals surface area contributed by atoms with Gasteiger partial charge in [-0.15, -0.1) is 0 Å². The molecule has 1 aromatic heterocycles. The molecule has 0 bridgehead atoms. The Bertz CT molecular complexity index is 758. The summed E-state index contributed by atoms with van der Waals surface area (Å²) in [6, 6.07) is 16.7. The summed E-state index contributed by atoms with van der Waals surface area (Å²) in [5.41, 5.74) is 3.13. The van der Waals surface area contributed by atoms with E-state index in [-0.39, 0.29) is 6.03 Å². The molecule has 0 saturated carbocycles. The molecule has 3 aromatic rings. The van der Waals surface area contributed by atoms with Crippen LogP contribution < -0.4 is 10.6 Å². The molecule has 0 saturated heterocycles. The van der Waals surface area contributed by atoms with E-state index in [0.29, 0.717) is 6.54 Å². The molecule has 0 aliphatic rings. The van der Waals surface area contributed by atoms with E-state index < -0.39 is 0 Å². The summed E-state index contributed by atoms with van der Waals surface area (Å²) in [7, 11) is 0. The van der Waals surface area contributed by atoms with E-state index in [1.165, 1.54) is 0 Å². The molecular weight excluding hydrogens is 264 g/mol. The van der Waals surface area contributed by atoms with Crippen molar-refractivity contribution in [2.75, 3.05) is 5.32 Å². The van der Waals surface area contributed by atoms with Crippen LogP contribution in [0, 0.1) is 0 Å². The zero-order valence-corrected chi connectivity index (χ0v) is 11.3. The van der Waals surface area contributed by atoms with Crippen LogP contribution in [0.25, 0.3) is 11.0 Å². The molecule has 0 aliphatic heterocycles. The van der Waals surface area contributed by atoms with Crippen molar-refractivity contribution in [3.63, 3.8) is 0 Å². The van der Waals surface area contributed by atoms with Crippen molar-refractivity contribution < 1.29 is 4.79 Å². The van der Waals surface area contributed by atoms with Crippen LogP contribution in [0.2, 0.25) is 0 Å². The largest absolute Gasteiger partial charge is 0.332 e. The number of para-hydroxylation sites is 3. The van der Waals surface area contributed by atoms with Gasteiger partial charge >= 0.3 is 6.03 Å². The van der Waals surface area contributed by atoms with E-state index in [4.69, 9.17) is 0 Å². The van der Waals surface area contributed by atoms with Crippen LogP contribution in [0.5, 0.6) is 0 Å². The maximum atomic E-state index is 11.8. The summed E-state index contributed by atoms with van der Waals surface area (Å²) in [6.07, 6.45) is 1.67. The fourth-order valence-electron chi connectivity index (χ4n) is 1.95. The molecule has 5 heteroatoms. The van der Waals surface area contributed by atoms with E-state index in [1.807, 2.05) is 54.6 Å². The number of urea groups is 1. The van der Waals surface area contributed by atoms with Crippen molar-refractivity contribution in [3.8, 4) is 0 Å². The number of rotatable bonds is 3. The molecule has 0 radical (unpaired) electrons. The Labute approximate surface area is 122 Å². The van der Waals surface area contributed by atoms with E-state index in [2.05, 4.69) is 20.6 Å². The maximum Gasteiger partial charge on any atom is 0.319 e. The highest BCUT2D eigenvalue weighted by molar-refractivity contribution is 5.89. The quantitative estimate of drug-likeness (QED) is 0.774. The van der Waals surface area contributed by atoms with Crippen molar-refractivity contribution in [1.29, 1.82) is 0 Å². The summed E-state index contributed by atoms with van der Waals surface area (Å²) in [5.74, 6) is 0. The summed E-state index contributed by atoms with van der Waals surface area (Å²) in [4.78, 5) is 20.5. The molecule has 1 heterocycles. The molecule has 0 unspecified atom stereocenters. The zero-order valence-electron chi connectivity index (χ0n) is 11.3. The van der Waals surface area contributed by atoms with Crippen LogP contribution in [-0.2, 0) is 6.54 Å². The predicted molar refractivity (Wildman–Crippen MR) is 81.8 cm³/mol. The lowest BCUT2D eigenvalue weighted by Crippen LogP contribution is -2.28. The lowest BCUT2D eigenvalue weighted by atomic mass is 10.3. The smallest absolute Gasteiger partial charge is 0.319 e. The maximum absolute atomic E-state index is 11.8. The molecule has 104 valence electrons. The third kappa shape index (κ3) is 3.33. The minimum absolute atomic E-state index is 0.267. The van der Waals surface area contributed by atoms with Crippen LogP contribution >= 0.6 is 0 Å². The number of carbonyl (C=O) groups is 1. The number of aromatic nitrogens is 2. The number of hydrogen-bond acceptors (Lipinski definition) is 3. The summed E-state index contributed by atoms with van der Waals surface area (Å²) < 4.78 is 0. The van der Waals surface area contributed by atoms with Gasteiger partial charge in [0.25, 0.3) is 0 Å². The fraction of sp³-hybridized carbons (Fsp3) is 0.0625. The zero-order chi connectivity index (χ0) is 14.5. The molecular formula is C16H14N4O. The lowest BCUT2D eigenvalue weighted by molar-refractivity contribution is 0.251. The Morgan fingerprint density at radius 2 is 1.67 bits per heavy atom. The third-order valence-corrected chi connectivity index (χ3v) is 2.96. The molecule has 0 fully saturated rings. The van der Waals surface area contributed by atoms with Gasteiger partial charge in [0.2, 0.25) is 0 Å². The molecule has 21 heavy (non-hydrogen) atoms. The van der Waals surface area contributed by atoms with Gasteiger partial charge in [0.15, 0.2) is 0 Å². The number of hydrogen-bond donors (Lipinski definition) is 2. The molecule has 2 amide bonds. The Hall–Kier alpha value is -2.95. The first-order valence-corrected chi connectivity index (χ1v) is 6.62. The van der Waals surface area contributed by atoms with Gasteiger partial charge in [0, 0.05) is 5.69 Å². The van der Waals surface area contributed by atoms with Crippen LogP contribution in [0.4, 0.5) is 10.5 Å². The molecule has 5 nitrogen and oxygen atoms in total. The highest BCUT2D eigenvalue weighted by Crippen LogP contribution is 2.08. The van der Waals surface area contributed by atoms with Gasteiger partial charge in [-0.1, -0.05) is 30.3 Å².